The van der Waals surface area contributed by atoms with Gasteiger partial charge >= 0.3 is 0 Å². The molecule has 0 unspecified atom stereocenters. The quantitative estimate of drug-likeness (QED) is 0.757. The first kappa shape index (κ1) is 15.6. The third kappa shape index (κ3) is 4.12. The van der Waals surface area contributed by atoms with E-state index >= 15 is 0 Å². The Labute approximate surface area is 143 Å². The van der Waals surface area contributed by atoms with Gasteiger partial charge in [0.15, 0.2) is 5.82 Å². The van der Waals surface area contributed by atoms with Crippen LogP contribution in [0.5, 0.6) is 0 Å². The summed E-state index contributed by atoms with van der Waals surface area (Å²) in [5, 5.41) is 8.39. The SMILES string of the molecule is O=C(Nc1ccn(Cc2ccc(Cl)cc2)n1)c1ccc(Cl)cc1. The average Bonchev–Trinajstić information content (AvgIpc) is 2.97. The third-order valence-corrected chi connectivity index (χ3v) is 3.75. The molecule has 3 rings (SSSR count). The highest BCUT2D eigenvalue weighted by Crippen LogP contribution is 2.13. The molecule has 0 bridgehead atoms. The molecule has 0 atom stereocenters. The summed E-state index contributed by atoms with van der Waals surface area (Å²) in [5.74, 6) is 0.275. The van der Waals surface area contributed by atoms with Crippen LogP contribution in [0.1, 0.15) is 15.9 Å². The van der Waals surface area contributed by atoms with Gasteiger partial charge < -0.3 is 5.32 Å². The number of amides is 1. The Hall–Kier alpha value is -2.30. The number of hydrogen-bond acceptors (Lipinski definition) is 2. The number of nitrogens with one attached hydrogen (secondary N) is 1. The second-order valence-corrected chi connectivity index (χ2v) is 5.86. The van der Waals surface area contributed by atoms with Crippen molar-refractivity contribution in [3.8, 4) is 0 Å². The van der Waals surface area contributed by atoms with Gasteiger partial charge in [0.2, 0.25) is 0 Å². The number of nitrogens with zero attached hydrogens (tertiary/aromatic N) is 2. The molecule has 116 valence electrons. The minimum atomic E-state index is -0.224. The van der Waals surface area contributed by atoms with Gasteiger partial charge in [0.05, 0.1) is 6.54 Å². The van der Waals surface area contributed by atoms with Gasteiger partial charge in [-0.1, -0.05) is 35.3 Å². The lowest BCUT2D eigenvalue weighted by atomic mass is 10.2. The van der Waals surface area contributed by atoms with E-state index < -0.39 is 0 Å². The van der Waals surface area contributed by atoms with E-state index in [9.17, 15) is 4.79 Å². The molecule has 23 heavy (non-hydrogen) atoms. The van der Waals surface area contributed by atoms with Gasteiger partial charge in [0.1, 0.15) is 0 Å². The molecule has 0 saturated carbocycles. The van der Waals surface area contributed by atoms with Crippen molar-refractivity contribution in [2.24, 2.45) is 0 Å². The van der Waals surface area contributed by atoms with Crippen molar-refractivity contribution in [3.63, 3.8) is 0 Å². The molecule has 0 saturated heterocycles. The van der Waals surface area contributed by atoms with E-state index in [4.69, 9.17) is 23.2 Å². The number of halogens is 2. The highest BCUT2D eigenvalue weighted by atomic mass is 35.5. The predicted octanol–water partition coefficient (Wildman–Crippen LogP) is 4.49. The summed E-state index contributed by atoms with van der Waals surface area (Å²) in [5.41, 5.74) is 1.61. The molecule has 3 aromatic rings. The van der Waals surface area contributed by atoms with Crippen molar-refractivity contribution >= 4 is 34.9 Å². The second-order valence-electron chi connectivity index (χ2n) is 4.99. The lowest BCUT2D eigenvalue weighted by molar-refractivity contribution is 0.102. The van der Waals surface area contributed by atoms with Gasteiger partial charge in [-0.2, -0.15) is 5.10 Å². The van der Waals surface area contributed by atoms with Crippen LogP contribution in [-0.2, 0) is 6.54 Å². The summed E-state index contributed by atoms with van der Waals surface area (Å²) >= 11 is 11.7. The van der Waals surface area contributed by atoms with Crippen LogP contribution < -0.4 is 5.32 Å². The van der Waals surface area contributed by atoms with Crippen LogP contribution in [-0.4, -0.2) is 15.7 Å². The summed E-state index contributed by atoms with van der Waals surface area (Å²) in [6.07, 6.45) is 1.81. The number of hydrogen-bond donors (Lipinski definition) is 1. The Kier molecular flexibility index (Phi) is 4.65. The van der Waals surface area contributed by atoms with Crippen LogP contribution in [0.25, 0.3) is 0 Å². The molecule has 0 aliphatic heterocycles. The molecule has 0 fully saturated rings. The maximum absolute atomic E-state index is 12.1. The number of anilines is 1. The van der Waals surface area contributed by atoms with E-state index in [-0.39, 0.29) is 5.91 Å². The van der Waals surface area contributed by atoms with E-state index in [2.05, 4.69) is 10.4 Å². The van der Waals surface area contributed by atoms with Crippen LogP contribution in [0, 0.1) is 0 Å². The number of carbonyl (C=O) groups excluding carboxylic acids is 1. The Morgan fingerprint density at radius 3 is 2.22 bits per heavy atom. The molecular weight excluding hydrogens is 333 g/mol. The van der Waals surface area contributed by atoms with Crippen molar-refractivity contribution in [1.29, 1.82) is 0 Å². The Morgan fingerprint density at radius 1 is 0.957 bits per heavy atom. The first-order chi connectivity index (χ1) is 11.1. The lowest BCUT2D eigenvalue weighted by Crippen LogP contribution is -2.12. The molecule has 0 aliphatic carbocycles. The zero-order valence-electron chi connectivity index (χ0n) is 12.0. The van der Waals surface area contributed by atoms with Gasteiger partial charge in [0.25, 0.3) is 5.91 Å². The number of rotatable bonds is 4. The summed E-state index contributed by atoms with van der Waals surface area (Å²) in [6, 6.07) is 16.0. The van der Waals surface area contributed by atoms with Crippen LogP contribution in [0.15, 0.2) is 60.8 Å². The van der Waals surface area contributed by atoms with Crippen molar-refractivity contribution in [2.45, 2.75) is 6.54 Å². The Balaban J connectivity index is 1.66. The van der Waals surface area contributed by atoms with E-state index in [1.54, 1.807) is 35.0 Å². The highest BCUT2D eigenvalue weighted by Gasteiger charge is 2.08. The Morgan fingerprint density at radius 2 is 1.57 bits per heavy atom. The van der Waals surface area contributed by atoms with Crippen LogP contribution in [0.4, 0.5) is 5.82 Å². The smallest absolute Gasteiger partial charge is 0.256 e. The molecule has 0 spiro atoms. The topological polar surface area (TPSA) is 46.9 Å². The van der Waals surface area contributed by atoms with Gasteiger partial charge in [0, 0.05) is 27.9 Å². The van der Waals surface area contributed by atoms with Gasteiger partial charge in [-0.25, -0.2) is 0 Å². The Bertz CT molecular complexity index is 811. The summed E-state index contributed by atoms with van der Waals surface area (Å²) in [6.45, 7) is 0.605. The average molecular weight is 346 g/mol. The molecule has 4 nitrogen and oxygen atoms in total. The summed E-state index contributed by atoms with van der Waals surface area (Å²) in [7, 11) is 0. The molecule has 1 N–H and O–H groups in total. The summed E-state index contributed by atoms with van der Waals surface area (Å²) < 4.78 is 1.75. The number of benzene rings is 2. The molecule has 1 amide bonds. The molecule has 0 aliphatic rings. The predicted molar refractivity (Wildman–Crippen MR) is 92.2 cm³/mol. The van der Waals surface area contributed by atoms with Gasteiger partial charge in [-0.3, -0.25) is 9.48 Å². The maximum atomic E-state index is 12.1. The van der Waals surface area contributed by atoms with Crippen LogP contribution >= 0.6 is 23.2 Å². The number of carbonyl (C=O) groups is 1. The molecule has 1 heterocycles. The zero-order chi connectivity index (χ0) is 16.2. The molecule has 1 aromatic heterocycles. The van der Waals surface area contributed by atoms with E-state index in [1.165, 1.54) is 0 Å². The second kappa shape index (κ2) is 6.86. The minimum Gasteiger partial charge on any atom is -0.305 e. The van der Waals surface area contributed by atoms with Crippen molar-refractivity contribution in [2.75, 3.05) is 5.32 Å². The largest absolute Gasteiger partial charge is 0.305 e. The highest BCUT2D eigenvalue weighted by molar-refractivity contribution is 6.30. The fourth-order valence-electron chi connectivity index (χ4n) is 2.08. The van der Waals surface area contributed by atoms with Crippen LogP contribution in [0.3, 0.4) is 0 Å². The molecular formula is C17H13Cl2N3O. The molecule has 2 aromatic carbocycles. The van der Waals surface area contributed by atoms with Crippen molar-refractivity contribution < 1.29 is 4.79 Å². The van der Waals surface area contributed by atoms with Crippen molar-refractivity contribution in [3.05, 3.63) is 82.0 Å². The van der Waals surface area contributed by atoms with Crippen molar-refractivity contribution in [1.82, 2.24) is 9.78 Å². The third-order valence-electron chi connectivity index (χ3n) is 3.25. The minimum absolute atomic E-state index is 0.224. The van der Waals surface area contributed by atoms with E-state index in [0.29, 0.717) is 28.0 Å². The molecule has 6 heteroatoms. The summed E-state index contributed by atoms with van der Waals surface area (Å²) in [4.78, 5) is 12.1. The standard InChI is InChI=1S/C17H13Cl2N3O/c18-14-5-1-12(2-6-14)11-22-10-9-16(21-22)20-17(23)13-3-7-15(19)8-4-13/h1-10H,11H2,(H,20,21,23). The fourth-order valence-corrected chi connectivity index (χ4v) is 2.34. The lowest BCUT2D eigenvalue weighted by Gasteiger charge is -2.03. The van der Waals surface area contributed by atoms with Gasteiger partial charge in [-0.05, 0) is 42.0 Å². The zero-order valence-corrected chi connectivity index (χ0v) is 13.6. The van der Waals surface area contributed by atoms with Gasteiger partial charge in [-0.15, -0.1) is 0 Å². The van der Waals surface area contributed by atoms with E-state index in [1.807, 2.05) is 30.5 Å². The molecule has 0 radical (unpaired) electrons. The first-order valence-electron chi connectivity index (χ1n) is 6.95. The number of aromatic nitrogens is 2. The monoisotopic (exact) mass is 345 g/mol. The normalized spacial score (nSPS) is 10.5. The maximum Gasteiger partial charge on any atom is 0.256 e. The van der Waals surface area contributed by atoms with Crippen LogP contribution in [0.2, 0.25) is 10.0 Å². The fraction of sp³-hybridized carbons (Fsp3) is 0.0588. The van der Waals surface area contributed by atoms with E-state index in [0.717, 1.165) is 5.56 Å². The first-order valence-corrected chi connectivity index (χ1v) is 7.70.